The monoisotopic (exact) mass is 599 g/mol. The van der Waals surface area contributed by atoms with E-state index in [0.29, 0.717) is 26.0 Å². The van der Waals surface area contributed by atoms with Gasteiger partial charge in [0.15, 0.2) is 18.0 Å². The lowest BCUT2D eigenvalue weighted by Crippen LogP contribution is -2.49. The number of carboxylic acids is 1. The molecular formula is C36H41NO7. The molecule has 0 fully saturated rings. The zero-order valence-electron chi connectivity index (χ0n) is 25.2. The van der Waals surface area contributed by atoms with Crippen LogP contribution in [0.25, 0.3) is 21.5 Å². The molecule has 4 rings (SSSR count). The smallest absolute Gasteiger partial charge is 0.336 e. The number of hydrogen-bond acceptors (Lipinski definition) is 6. The Labute approximate surface area is 258 Å². The predicted molar refractivity (Wildman–Crippen MR) is 171 cm³/mol. The number of carbonyl (C=O) groups is 3. The number of fused-ring (bicyclic) bond motifs is 2. The number of aliphatic carboxylic acids is 1. The van der Waals surface area contributed by atoms with Gasteiger partial charge in [0.1, 0.15) is 12.4 Å². The van der Waals surface area contributed by atoms with E-state index in [0.717, 1.165) is 42.2 Å². The molecule has 0 aliphatic carbocycles. The predicted octanol–water partition coefficient (Wildman–Crippen LogP) is 6.13. The van der Waals surface area contributed by atoms with Crippen molar-refractivity contribution >= 4 is 39.2 Å². The molecule has 4 aromatic carbocycles. The summed E-state index contributed by atoms with van der Waals surface area (Å²) in [5.74, 6) is -1.50. The molecule has 2 atom stereocenters. The largest absolute Gasteiger partial charge is 0.494 e. The number of aryl methyl sites for hydroxylation is 1. The summed E-state index contributed by atoms with van der Waals surface area (Å²) in [6.45, 7) is 1.84. The summed E-state index contributed by atoms with van der Waals surface area (Å²) in [5, 5.41) is 17.2. The van der Waals surface area contributed by atoms with Gasteiger partial charge in [-0.15, -0.1) is 0 Å². The van der Waals surface area contributed by atoms with Gasteiger partial charge in [-0.2, -0.15) is 0 Å². The highest BCUT2D eigenvalue weighted by Crippen LogP contribution is 2.21. The van der Waals surface area contributed by atoms with E-state index < -0.39 is 30.7 Å². The van der Waals surface area contributed by atoms with Crippen LogP contribution < -0.4 is 10.1 Å². The summed E-state index contributed by atoms with van der Waals surface area (Å²) in [5.41, 5.74) is 1.27. The summed E-state index contributed by atoms with van der Waals surface area (Å²) in [4.78, 5) is 36.4. The summed E-state index contributed by atoms with van der Waals surface area (Å²) in [6.07, 6.45) is 1.76. The Morgan fingerprint density at radius 1 is 0.705 bits per heavy atom. The first kappa shape index (κ1) is 32.6. The fraction of sp³-hybridized carbons (Fsp3) is 0.361. The molecule has 0 bridgehead atoms. The fourth-order valence-corrected chi connectivity index (χ4v) is 4.99. The van der Waals surface area contributed by atoms with Crippen molar-refractivity contribution in [2.75, 3.05) is 26.4 Å². The van der Waals surface area contributed by atoms with Crippen molar-refractivity contribution in [2.45, 2.75) is 57.7 Å². The number of amides is 1. The average Bonchev–Trinajstić information content (AvgIpc) is 3.02. The second-order valence-corrected chi connectivity index (χ2v) is 10.9. The van der Waals surface area contributed by atoms with E-state index in [1.54, 1.807) is 0 Å². The van der Waals surface area contributed by atoms with Gasteiger partial charge >= 0.3 is 5.97 Å². The van der Waals surface area contributed by atoms with Gasteiger partial charge in [0.25, 0.3) is 5.91 Å². The summed E-state index contributed by atoms with van der Waals surface area (Å²) >= 11 is 0. The van der Waals surface area contributed by atoms with E-state index in [1.165, 1.54) is 23.3 Å². The minimum Gasteiger partial charge on any atom is -0.494 e. The first-order valence-electron chi connectivity index (χ1n) is 15.2. The second-order valence-electron chi connectivity index (χ2n) is 10.9. The Bertz CT molecular complexity index is 1540. The van der Waals surface area contributed by atoms with Crippen molar-refractivity contribution < 1.29 is 33.7 Å². The lowest BCUT2D eigenvalue weighted by Gasteiger charge is -2.23. The highest BCUT2D eigenvalue weighted by Gasteiger charge is 2.36. The van der Waals surface area contributed by atoms with Crippen LogP contribution in [0.3, 0.4) is 0 Å². The van der Waals surface area contributed by atoms with Crippen LogP contribution in [-0.2, 0) is 30.3 Å². The quantitative estimate of drug-likeness (QED) is 0.125. The number of hydrogen-bond donors (Lipinski definition) is 2. The Kier molecular flexibility index (Phi) is 12.7. The van der Waals surface area contributed by atoms with Crippen LogP contribution in [0, 0.1) is 0 Å². The van der Waals surface area contributed by atoms with Crippen LogP contribution >= 0.6 is 0 Å². The van der Waals surface area contributed by atoms with Gasteiger partial charge in [-0.05, 0) is 78.3 Å². The number of carboxylic acid groups (broad SMARTS) is 1. The molecule has 0 saturated carbocycles. The van der Waals surface area contributed by atoms with Gasteiger partial charge in [-0.3, -0.25) is 9.59 Å². The summed E-state index contributed by atoms with van der Waals surface area (Å²) in [7, 11) is 0. The highest BCUT2D eigenvalue weighted by atomic mass is 16.6. The van der Waals surface area contributed by atoms with Crippen LogP contribution in [0.2, 0.25) is 0 Å². The fourth-order valence-electron chi connectivity index (χ4n) is 4.99. The van der Waals surface area contributed by atoms with Gasteiger partial charge in [0, 0.05) is 13.2 Å². The molecule has 0 heterocycles. The second kappa shape index (κ2) is 17.1. The molecule has 0 spiro atoms. The standard InChI is InChI=1S/C36H41NO7/c1-26(38)25-44-34(36(40)41)33(43-22-10-9-21-42-32-19-18-29-13-5-7-15-31(29)24-32)35(39)37-20-8-2-3-11-27-16-17-28-12-4-6-14-30(28)23-27/h4-7,12-19,23-24,33-34H,2-3,8-11,20-22,25H2,1H3,(H,37,39)(H,40,41). The molecule has 8 heteroatoms. The Morgan fingerprint density at radius 2 is 1.36 bits per heavy atom. The third-order valence-corrected chi connectivity index (χ3v) is 7.32. The lowest BCUT2D eigenvalue weighted by molar-refractivity contribution is -0.169. The van der Waals surface area contributed by atoms with E-state index in [2.05, 4.69) is 35.6 Å². The number of ketones is 1. The van der Waals surface area contributed by atoms with Crippen molar-refractivity contribution in [3.05, 3.63) is 90.5 Å². The number of rotatable bonds is 19. The maximum Gasteiger partial charge on any atom is 0.336 e. The van der Waals surface area contributed by atoms with Gasteiger partial charge in [0.05, 0.1) is 6.61 Å². The van der Waals surface area contributed by atoms with Crippen LogP contribution in [0.5, 0.6) is 5.75 Å². The molecule has 4 aromatic rings. The minimum absolute atomic E-state index is 0.137. The Morgan fingerprint density at radius 3 is 2.07 bits per heavy atom. The molecule has 8 nitrogen and oxygen atoms in total. The maximum atomic E-state index is 13.0. The molecule has 0 saturated heterocycles. The zero-order chi connectivity index (χ0) is 31.1. The van der Waals surface area contributed by atoms with E-state index in [1.807, 2.05) is 54.6 Å². The molecule has 232 valence electrons. The zero-order valence-corrected chi connectivity index (χ0v) is 25.2. The van der Waals surface area contributed by atoms with Crippen molar-refractivity contribution in [1.29, 1.82) is 0 Å². The molecule has 0 aromatic heterocycles. The van der Waals surface area contributed by atoms with Crippen LogP contribution in [-0.4, -0.2) is 61.3 Å². The first-order chi connectivity index (χ1) is 21.4. The molecule has 0 aliphatic heterocycles. The average molecular weight is 600 g/mol. The van der Waals surface area contributed by atoms with E-state index in [9.17, 15) is 19.5 Å². The third-order valence-electron chi connectivity index (χ3n) is 7.32. The molecule has 44 heavy (non-hydrogen) atoms. The van der Waals surface area contributed by atoms with Gasteiger partial charge in [0.2, 0.25) is 0 Å². The topological polar surface area (TPSA) is 111 Å². The third kappa shape index (κ3) is 10.2. The van der Waals surface area contributed by atoms with Gasteiger partial charge in [-0.1, -0.05) is 79.2 Å². The van der Waals surface area contributed by atoms with Crippen molar-refractivity contribution in [3.8, 4) is 5.75 Å². The first-order valence-corrected chi connectivity index (χ1v) is 15.2. The molecule has 2 unspecified atom stereocenters. The number of ether oxygens (including phenoxy) is 3. The number of nitrogens with one attached hydrogen (secondary N) is 1. The number of unbranched alkanes of at least 4 members (excludes halogenated alkanes) is 3. The maximum absolute atomic E-state index is 13.0. The lowest BCUT2D eigenvalue weighted by atomic mass is 10.0. The molecule has 1 amide bonds. The number of carbonyl (C=O) groups excluding carboxylic acids is 2. The van der Waals surface area contributed by atoms with Gasteiger partial charge < -0.3 is 24.6 Å². The van der Waals surface area contributed by atoms with E-state index >= 15 is 0 Å². The molecule has 0 aliphatic rings. The number of Topliss-reactive ketones (excluding diaryl/α,β-unsaturated/α-hetero) is 1. The van der Waals surface area contributed by atoms with Gasteiger partial charge in [-0.25, -0.2) is 4.79 Å². The van der Waals surface area contributed by atoms with Crippen molar-refractivity contribution in [3.63, 3.8) is 0 Å². The highest BCUT2D eigenvalue weighted by molar-refractivity contribution is 5.88. The van der Waals surface area contributed by atoms with Crippen molar-refractivity contribution in [1.82, 2.24) is 5.32 Å². The van der Waals surface area contributed by atoms with Crippen LogP contribution in [0.4, 0.5) is 0 Å². The summed E-state index contributed by atoms with van der Waals surface area (Å²) < 4.78 is 16.9. The molecule has 2 N–H and O–H groups in total. The van der Waals surface area contributed by atoms with E-state index in [-0.39, 0.29) is 12.4 Å². The normalized spacial score (nSPS) is 12.6. The molecule has 0 radical (unpaired) electrons. The van der Waals surface area contributed by atoms with Crippen molar-refractivity contribution in [2.24, 2.45) is 0 Å². The van der Waals surface area contributed by atoms with E-state index in [4.69, 9.17) is 14.2 Å². The minimum atomic E-state index is -1.60. The SMILES string of the molecule is CC(=O)COC(C(=O)O)C(OCCCCOc1ccc2ccccc2c1)C(=O)NCCCCCc1ccc2ccccc2c1. The Hall–Kier alpha value is -4.27. The summed E-state index contributed by atoms with van der Waals surface area (Å²) in [6, 6.07) is 28.7. The number of benzene rings is 4. The molecular weight excluding hydrogens is 558 g/mol. The Balaban J connectivity index is 1.20. The van der Waals surface area contributed by atoms with Crippen LogP contribution in [0.1, 0.15) is 44.6 Å². The van der Waals surface area contributed by atoms with Crippen LogP contribution in [0.15, 0.2) is 84.9 Å².